The number of H-pyrrole nitrogens is 1. The Hall–Kier alpha value is -2.40. The Kier molecular flexibility index (Phi) is 4.09. The third-order valence-electron chi connectivity index (χ3n) is 5.69. The van der Waals surface area contributed by atoms with Crippen molar-refractivity contribution in [2.45, 2.75) is 44.2 Å². The van der Waals surface area contributed by atoms with Crippen LogP contribution in [0.25, 0.3) is 22.4 Å². The molecule has 0 bridgehead atoms. The number of nitrogens with zero attached hydrogens (tertiary/aromatic N) is 3. The Morgan fingerprint density at radius 2 is 1.81 bits per heavy atom. The normalized spacial score (nSPS) is 23.7. The number of hydrogen-bond acceptors (Lipinski definition) is 4. The molecule has 0 atom stereocenters. The summed E-state index contributed by atoms with van der Waals surface area (Å²) in [6, 6.07) is 10.9. The lowest BCUT2D eigenvalue weighted by atomic mass is 9.86. The van der Waals surface area contributed by atoms with Crippen LogP contribution >= 0.6 is 0 Å². The molecule has 3 heterocycles. The number of hydrogen-bond donors (Lipinski definition) is 1. The molecular weight excluding hydrogens is 324 g/mol. The molecule has 0 unspecified atom stereocenters. The average Bonchev–Trinajstić information content (AvgIpc) is 3.10. The standard InChI is InChI=1S/C21H24N4O/c1-2-10-25(11-3-1)16-12-18(13-16)26-17-6-4-15(5-7-17)21-23-19-8-9-22-14-20(19)24-21/h4-9,14,16,18H,1-3,10-13H2,(H,23,24). The largest absolute Gasteiger partial charge is 0.490 e. The molecule has 0 radical (unpaired) electrons. The molecule has 1 aliphatic heterocycles. The number of piperidine rings is 1. The van der Waals surface area contributed by atoms with Gasteiger partial charge in [0.25, 0.3) is 0 Å². The summed E-state index contributed by atoms with van der Waals surface area (Å²) in [6.45, 7) is 2.55. The van der Waals surface area contributed by atoms with Gasteiger partial charge in [-0.3, -0.25) is 4.98 Å². The molecule has 3 aromatic rings. The summed E-state index contributed by atoms with van der Waals surface area (Å²) >= 11 is 0. The lowest BCUT2D eigenvalue weighted by Crippen LogP contribution is -2.50. The maximum absolute atomic E-state index is 6.15. The number of aromatic nitrogens is 3. The van der Waals surface area contributed by atoms with E-state index >= 15 is 0 Å². The van der Waals surface area contributed by atoms with Crippen LogP contribution in [0.5, 0.6) is 5.75 Å². The second kappa shape index (κ2) is 6.72. The highest BCUT2D eigenvalue weighted by atomic mass is 16.5. The molecule has 1 N–H and O–H groups in total. The molecular formula is C21H24N4O. The van der Waals surface area contributed by atoms with E-state index in [-0.39, 0.29) is 0 Å². The van der Waals surface area contributed by atoms with Gasteiger partial charge in [0.2, 0.25) is 0 Å². The van der Waals surface area contributed by atoms with Crippen LogP contribution in [0.15, 0.2) is 42.7 Å². The van der Waals surface area contributed by atoms with E-state index in [2.05, 4.69) is 44.1 Å². The molecule has 1 saturated carbocycles. The Bertz CT molecular complexity index is 843. The second-order valence-electron chi connectivity index (χ2n) is 7.46. The van der Waals surface area contributed by atoms with Crippen LogP contribution in [0.1, 0.15) is 32.1 Å². The summed E-state index contributed by atoms with van der Waals surface area (Å²) in [7, 11) is 0. The van der Waals surface area contributed by atoms with Crippen LogP contribution < -0.4 is 4.74 Å². The molecule has 0 spiro atoms. The van der Waals surface area contributed by atoms with Gasteiger partial charge in [-0.1, -0.05) is 6.42 Å². The van der Waals surface area contributed by atoms with Gasteiger partial charge >= 0.3 is 0 Å². The maximum atomic E-state index is 6.15. The fraction of sp³-hybridized carbons (Fsp3) is 0.429. The van der Waals surface area contributed by atoms with Crippen molar-refractivity contribution in [1.29, 1.82) is 0 Å². The molecule has 5 nitrogen and oxygen atoms in total. The molecule has 1 aromatic carbocycles. The van der Waals surface area contributed by atoms with Gasteiger partial charge in [0.05, 0.1) is 17.2 Å². The molecule has 5 rings (SSSR count). The Balaban J connectivity index is 1.20. The Morgan fingerprint density at radius 3 is 2.58 bits per heavy atom. The number of aromatic amines is 1. The fourth-order valence-corrected chi connectivity index (χ4v) is 4.09. The molecule has 1 aliphatic carbocycles. The summed E-state index contributed by atoms with van der Waals surface area (Å²) in [5.41, 5.74) is 2.96. The number of rotatable bonds is 4. The first-order valence-corrected chi connectivity index (χ1v) is 9.66. The van der Waals surface area contributed by atoms with Gasteiger partial charge in [-0.25, -0.2) is 4.98 Å². The Morgan fingerprint density at radius 1 is 1.00 bits per heavy atom. The smallest absolute Gasteiger partial charge is 0.138 e. The van der Waals surface area contributed by atoms with Gasteiger partial charge in [-0.2, -0.15) is 0 Å². The van der Waals surface area contributed by atoms with E-state index in [1.807, 2.05) is 6.07 Å². The van der Waals surface area contributed by atoms with E-state index in [1.54, 1.807) is 12.4 Å². The number of fused-ring (bicyclic) bond motifs is 1. The number of pyridine rings is 1. The predicted molar refractivity (Wildman–Crippen MR) is 102 cm³/mol. The summed E-state index contributed by atoms with van der Waals surface area (Å²) in [6.07, 6.45) is 10.4. The van der Waals surface area contributed by atoms with Crippen molar-refractivity contribution in [3.8, 4) is 17.1 Å². The van der Waals surface area contributed by atoms with Crippen molar-refractivity contribution in [1.82, 2.24) is 19.9 Å². The van der Waals surface area contributed by atoms with E-state index in [9.17, 15) is 0 Å². The maximum Gasteiger partial charge on any atom is 0.138 e. The zero-order valence-electron chi connectivity index (χ0n) is 14.9. The first kappa shape index (κ1) is 15.8. The van der Waals surface area contributed by atoms with E-state index in [0.717, 1.165) is 34.2 Å². The molecule has 5 heteroatoms. The van der Waals surface area contributed by atoms with Crippen LogP contribution in [0.2, 0.25) is 0 Å². The van der Waals surface area contributed by atoms with E-state index in [4.69, 9.17) is 4.74 Å². The average molecular weight is 348 g/mol. The van der Waals surface area contributed by atoms with E-state index in [1.165, 1.54) is 45.2 Å². The highest BCUT2D eigenvalue weighted by Gasteiger charge is 2.35. The molecule has 26 heavy (non-hydrogen) atoms. The van der Waals surface area contributed by atoms with Crippen molar-refractivity contribution in [3.05, 3.63) is 42.7 Å². The molecule has 134 valence electrons. The van der Waals surface area contributed by atoms with Crippen LogP contribution in [0.3, 0.4) is 0 Å². The van der Waals surface area contributed by atoms with Crippen molar-refractivity contribution in [2.75, 3.05) is 13.1 Å². The monoisotopic (exact) mass is 348 g/mol. The fourth-order valence-electron chi connectivity index (χ4n) is 4.09. The first-order valence-electron chi connectivity index (χ1n) is 9.66. The lowest BCUT2D eigenvalue weighted by Gasteiger charge is -2.44. The molecule has 1 saturated heterocycles. The van der Waals surface area contributed by atoms with Gasteiger partial charge in [-0.05, 0) is 56.3 Å². The summed E-state index contributed by atoms with van der Waals surface area (Å²) in [5.74, 6) is 1.82. The highest BCUT2D eigenvalue weighted by molar-refractivity contribution is 5.78. The van der Waals surface area contributed by atoms with E-state index in [0.29, 0.717) is 6.10 Å². The number of benzene rings is 1. The number of nitrogens with one attached hydrogen (secondary N) is 1. The van der Waals surface area contributed by atoms with Gasteiger partial charge in [0.15, 0.2) is 0 Å². The third kappa shape index (κ3) is 3.07. The summed E-state index contributed by atoms with van der Waals surface area (Å²) in [5, 5.41) is 0. The van der Waals surface area contributed by atoms with Gasteiger partial charge in [-0.15, -0.1) is 0 Å². The van der Waals surface area contributed by atoms with Crippen molar-refractivity contribution < 1.29 is 4.74 Å². The molecule has 2 aliphatic rings. The minimum Gasteiger partial charge on any atom is -0.490 e. The number of ether oxygens (including phenoxy) is 1. The SMILES string of the molecule is c1cc2nc(-c3ccc(OC4CC(N5CCCCC5)C4)cc3)[nH]c2cn1. The van der Waals surface area contributed by atoms with E-state index < -0.39 is 0 Å². The quantitative estimate of drug-likeness (QED) is 0.774. The number of likely N-dealkylation sites (tertiary alicyclic amines) is 1. The van der Waals surface area contributed by atoms with Crippen LogP contribution in [-0.4, -0.2) is 45.1 Å². The number of imidazole rings is 1. The lowest BCUT2D eigenvalue weighted by molar-refractivity contribution is 0.00893. The van der Waals surface area contributed by atoms with Crippen LogP contribution in [-0.2, 0) is 0 Å². The minimum atomic E-state index is 0.366. The second-order valence-corrected chi connectivity index (χ2v) is 7.46. The van der Waals surface area contributed by atoms with Crippen molar-refractivity contribution in [3.63, 3.8) is 0 Å². The highest BCUT2D eigenvalue weighted by Crippen LogP contribution is 2.32. The van der Waals surface area contributed by atoms with Gasteiger partial charge in [0.1, 0.15) is 17.7 Å². The molecule has 0 amide bonds. The predicted octanol–water partition coefficient (Wildman–Crippen LogP) is 4.02. The molecule has 2 aromatic heterocycles. The van der Waals surface area contributed by atoms with Crippen LogP contribution in [0, 0.1) is 0 Å². The summed E-state index contributed by atoms with van der Waals surface area (Å²) < 4.78 is 6.15. The minimum absolute atomic E-state index is 0.366. The van der Waals surface area contributed by atoms with Crippen molar-refractivity contribution >= 4 is 11.0 Å². The first-order chi connectivity index (χ1) is 12.8. The third-order valence-corrected chi connectivity index (χ3v) is 5.69. The van der Waals surface area contributed by atoms with Gasteiger partial charge in [0, 0.05) is 30.6 Å². The molecule has 2 fully saturated rings. The van der Waals surface area contributed by atoms with Crippen molar-refractivity contribution in [2.24, 2.45) is 0 Å². The zero-order valence-corrected chi connectivity index (χ0v) is 14.9. The summed E-state index contributed by atoms with van der Waals surface area (Å²) in [4.78, 5) is 14.7. The van der Waals surface area contributed by atoms with Gasteiger partial charge < -0.3 is 14.6 Å². The topological polar surface area (TPSA) is 54.0 Å². The Labute approximate surface area is 153 Å². The zero-order chi connectivity index (χ0) is 17.3. The van der Waals surface area contributed by atoms with Crippen LogP contribution in [0.4, 0.5) is 0 Å².